The van der Waals surface area contributed by atoms with Crippen molar-refractivity contribution < 1.29 is 14.3 Å². The van der Waals surface area contributed by atoms with E-state index in [2.05, 4.69) is 17.1 Å². The summed E-state index contributed by atoms with van der Waals surface area (Å²) in [6.07, 6.45) is 0.428. The number of β-amino-alcohol motifs (C(OH)–C–C–N with tert-alkyl or cyclic N) is 1. The molecule has 0 unspecified atom stereocenters. The Morgan fingerprint density at radius 2 is 2.17 bits per heavy atom. The molecule has 0 radical (unpaired) electrons. The van der Waals surface area contributed by atoms with Crippen molar-refractivity contribution in [3.05, 3.63) is 52.3 Å². The molecule has 3 N–H and O–H groups in total. The van der Waals surface area contributed by atoms with Crippen LogP contribution in [0.25, 0.3) is 0 Å². The van der Waals surface area contributed by atoms with Gasteiger partial charge in [-0.1, -0.05) is 30.8 Å². The largest absolute Gasteiger partial charge is 0.391 e. The average molecular weight is 425 g/mol. The summed E-state index contributed by atoms with van der Waals surface area (Å²) in [6, 6.07) is 9.78. The highest BCUT2D eigenvalue weighted by atomic mass is 32.2. The number of amides is 1. The monoisotopic (exact) mass is 425 g/mol. The zero-order valence-corrected chi connectivity index (χ0v) is 17.1. The maximum absolute atomic E-state index is 13.7. The number of rotatable bonds is 6. The van der Waals surface area contributed by atoms with E-state index >= 15 is 0 Å². The maximum atomic E-state index is 13.7. The topological polar surface area (TPSA) is 127 Å². The second kappa shape index (κ2) is 9.12. The van der Waals surface area contributed by atoms with Gasteiger partial charge in [0.15, 0.2) is 0 Å². The van der Waals surface area contributed by atoms with Crippen LogP contribution in [0.1, 0.15) is 40.8 Å². The predicted octanol–water partition coefficient (Wildman–Crippen LogP) is 2.42. The zero-order chi connectivity index (χ0) is 21.8. The van der Waals surface area contributed by atoms with Crippen LogP contribution < -0.4 is 10.6 Å². The number of aliphatic hydroxyl groups excluding tert-OH is 1. The van der Waals surface area contributed by atoms with E-state index in [1.54, 1.807) is 11.0 Å². The number of hydrogen-bond donors (Lipinski definition) is 2. The van der Waals surface area contributed by atoms with Crippen LogP contribution >= 0.6 is 11.8 Å². The molecular formula is C21H20FN5O2S. The summed E-state index contributed by atoms with van der Waals surface area (Å²) >= 11 is 0.959. The van der Waals surface area contributed by atoms with Gasteiger partial charge in [-0.3, -0.25) is 4.79 Å². The molecule has 154 valence electrons. The zero-order valence-electron chi connectivity index (χ0n) is 16.3. The number of nitriles is 2. The molecule has 9 heteroatoms. The number of hydrogen-bond acceptors (Lipinski definition) is 7. The lowest BCUT2D eigenvalue weighted by Crippen LogP contribution is -2.25. The third-order valence-electron chi connectivity index (χ3n) is 4.93. The van der Waals surface area contributed by atoms with Gasteiger partial charge in [0.1, 0.15) is 34.0 Å². The van der Waals surface area contributed by atoms with Crippen LogP contribution in [0.4, 0.5) is 10.2 Å². The van der Waals surface area contributed by atoms with Crippen molar-refractivity contribution in [2.45, 2.75) is 36.1 Å². The fourth-order valence-corrected chi connectivity index (χ4v) is 4.55. The minimum Gasteiger partial charge on any atom is -0.391 e. The Kier molecular flexibility index (Phi) is 6.56. The van der Waals surface area contributed by atoms with E-state index in [0.717, 1.165) is 11.8 Å². The number of nitrogens with two attached hydrogens (primary N) is 1. The molecule has 0 spiro atoms. The lowest BCUT2D eigenvalue weighted by atomic mass is 10.0. The quantitative estimate of drug-likeness (QED) is 0.680. The highest BCUT2D eigenvalue weighted by Crippen LogP contribution is 2.40. The Morgan fingerprint density at radius 3 is 2.70 bits per heavy atom. The van der Waals surface area contributed by atoms with Gasteiger partial charge in [-0.25, -0.2) is 9.37 Å². The van der Waals surface area contributed by atoms with Gasteiger partial charge in [-0.05, 0) is 36.1 Å². The molecule has 7 nitrogen and oxygen atoms in total. The number of aromatic nitrogens is 1. The van der Waals surface area contributed by atoms with Gasteiger partial charge >= 0.3 is 0 Å². The number of pyridine rings is 1. The van der Waals surface area contributed by atoms with Crippen molar-refractivity contribution in [2.24, 2.45) is 5.73 Å². The molecule has 30 heavy (non-hydrogen) atoms. The molecular weight excluding hydrogens is 405 g/mol. The van der Waals surface area contributed by atoms with Gasteiger partial charge < -0.3 is 15.7 Å². The molecule has 0 bridgehead atoms. The van der Waals surface area contributed by atoms with E-state index in [9.17, 15) is 24.8 Å². The molecule has 1 saturated heterocycles. The summed E-state index contributed by atoms with van der Waals surface area (Å²) in [5.74, 6) is -0.833. The van der Waals surface area contributed by atoms with Gasteiger partial charge in [0, 0.05) is 13.1 Å². The Labute approximate surface area is 177 Å². The minimum atomic E-state index is -0.963. The fraction of sp³-hybridized carbons (Fsp3) is 0.333. The lowest BCUT2D eigenvalue weighted by Gasteiger charge is -2.22. The minimum absolute atomic E-state index is 0.199. The maximum Gasteiger partial charge on any atom is 0.235 e. The summed E-state index contributed by atoms with van der Waals surface area (Å²) in [6.45, 7) is 2.67. The molecule has 2 atom stereocenters. The van der Waals surface area contributed by atoms with Crippen LogP contribution in [-0.2, 0) is 11.2 Å². The first-order chi connectivity index (χ1) is 14.4. The first-order valence-electron chi connectivity index (χ1n) is 9.41. The Bertz CT molecular complexity index is 1060. The third kappa shape index (κ3) is 4.23. The molecule has 1 aliphatic heterocycles. The summed E-state index contributed by atoms with van der Waals surface area (Å²) < 4.78 is 13.7. The van der Waals surface area contributed by atoms with Crippen molar-refractivity contribution >= 4 is 23.5 Å². The van der Waals surface area contributed by atoms with E-state index in [0.29, 0.717) is 42.9 Å². The number of carbonyl (C=O) groups excluding carboxylic acids is 1. The third-order valence-corrected chi connectivity index (χ3v) is 6.19. The molecule has 0 saturated carbocycles. The predicted molar refractivity (Wildman–Crippen MR) is 110 cm³/mol. The van der Waals surface area contributed by atoms with Gasteiger partial charge in [0.2, 0.25) is 5.91 Å². The van der Waals surface area contributed by atoms with Crippen LogP contribution in [0.3, 0.4) is 0 Å². The standard InChI is InChI=1S/C21H20FN5O2S/c1-2-15-16(9-23)20(27-7-6-14(28)11-27)26-21(17(15)10-24)30-18(19(25)29)12-4-3-5-13(22)8-12/h3-5,8,14,18,28H,2,6-7,11H2,1H3,(H2,25,29)/t14-,18+/m0/s1. The number of carbonyl (C=O) groups is 1. The Morgan fingerprint density at radius 1 is 1.43 bits per heavy atom. The Hall–Kier alpha value is -3.14. The van der Waals surface area contributed by atoms with Crippen LogP contribution in [0.5, 0.6) is 0 Å². The van der Waals surface area contributed by atoms with Crippen LogP contribution in [0.2, 0.25) is 0 Å². The number of aliphatic hydroxyl groups is 1. The lowest BCUT2D eigenvalue weighted by molar-refractivity contribution is -0.117. The van der Waals surface area contributed by atoms with E-state index in [-0.39, 0.29) is 16.2 Å². The van der Waals surface area contributed by atoms with E-state index in [1.807, 2.05) is 6.92 Å². The summed E-state index contributed by atoms with van der Waals surface area (Å²) in [5, 5.41) is 28.7. The van der Waals surface area contributed by atoms with Gasteiger partial charge in [0.25, 0.3) is 0 Å². The second-order valence-electron chi connectivity index (χ2n) is 6.89. The number of primary amides is 1. The fourth-order valence-electron chi connectivity index (χ4n) is 3.50. The van der Waals surface area contributed by atoms with Crippen LogP contribution in [0, 0.1) is 28.5 Å². The van der Waals surface area contributed by atoms with Gasteiger partial charge in [-0.15, -0.1) is 0 Å². The number of halogens is 1. The highest BCUT2D eigenvalue weighted by molar-refractivity contribution is 8.00. The van der Waals surface area contributed by atoms with E-state index < -0.39 is 23.1 Å². The normalized spacial score (nSPS) is 16.7. The summed E-state index contributed by atoms with van der Waals surface area (Å²) in [4.78, 5) is 18.5. The number of benzene rings is 1. The molecule has 0 aliphatic carbocycles. The molecule has 1 amide bonds. The SMILES string of the molecule is CCc1c(C#N)c(S[C@@H](C(N)=O)c2cccc(F)c2)nc(N2CC[C@H](O)C2)c1C#N. The van der Waals surface area contributed by atoms with Crippen molar-refractivity contribution in [3.8, 4) is 12.1 Å². The molecule has 1 fully saturated rings. The van der Waals surface area contributed by atoms with Gasteiger partial charge in [-0.2, -0.15) is 10.5 Å². The number of thioether (sulfide) groups is 1. The molecule has 2 heterocycles. The second-order valence-corrected chi connectivity index (χ2v) is 7.98. The van der Waals surface area contributed by atoms with Crippen molar-refractivity contribution in [3.63, 3.8) is 0 Å². The molecule has 1 aromatic carbocycles. The molecule has 2 aromatic rings. The summed E-state index contributed by atoms with van der Waals surface area (Å²) in [5.41, 5.74) is 6.94. The number of nitrogens with zero attached hydrogens (tertiary/aromatic N) is 4. The molecule has 3 rings (SSSR count). The molecule has 1 aromatic heterocycles. The van der Waals surface area contributed by atoms with Crippen molar-refractivity contribution in [1.82, 2.24) is 4.98 Å². The molecule has 1 aliphatic rings. The first-order valence-corrected chi connectivity index (χ1v) is 10.3. The average Bonchev–Trinajstić information content (AvgIpc) is 3.16. The van der Waals surface area contributed by atoms with Crippen molar-refractivity contribution in [2.75, 3.05) is 18.0 Å². The first kappa shape index (κ1) is 21.6. The summed E-state index contributed by atoms with van der Waals surface area (Å²) in [7, 11) is 0. The number of anilines is 1. The Balaban J connectivity index is 2.14. The smallest absolute Gasteiger partial charge is 0.235 e. The van der Waals surface area contributed by atoms with E-state index in [1.165, 1.54) is 18.2 Å². The van der Waals surface area contributed by atoms with Gasteiger partial charge in [0.05, 0.1) is 17.2 Å². The van der Waals surface area contributed by atoms with E-state index in [4.69, 9.17) is 5.73 Å². The van der Waals surface area contributed by atoms with Crippen molar-refractivity contribution in [1.29, 1.82) is 10.5 Å². The van der Waals surface area contributed by atoms with Crippen LogP contribution in [0.15, 0.2) is 29.3 Å². The van der Waals surface area contributed by atoms with Crippen LogP contribution in [-0.4, -0.2) is 35.2 Å². The highest BCUT2D eigenvalue weighted by Gasteiger charge is 2.30.